The van der Waals surface area contributed by atoms with Crippen LogP contribution in [0.25, 0.3) is 0 Å². The highest BCUT2D eigenvalue weighted by atomic mass is 16.3. The van der Waals surface area contributed by atoms with E-state index in [0.29, 0.717) is 11.3 Å². The molecular formula is C15H14N2O3. The van der Waals surface area contributed by atoms with Gasteiger partial charge in [0.05, 0.1) is 11.3 Å². The normalized spacial score (nSPS) is 11.2. The molecule has 3 N–H and O–H groups in total. The van der Waals surface area contributed by atoms with Crippen molar-refractivity contribution >= 4 is 11.6 Å². The van der Waals surface area contributed by atoms with E-state index in [4.69, 9.17) is 0 Å². The summed E-state index contributed by atoms with van der Waals surface area (Å²) in [7, 11) is 0. The molecule has 0 saturated carbocycles. The van der Waals surface area contributed by atoms with Crippen molar-refractivity contribution in [3.63, 3.8) is 0 Å². The highest BCUT2D eigenvalue weighted by Crippen LogP contribution is 2.17. The second kappa shape index (κ2) is 5.88. The van der Waals surface area contributed by atoms with Gasteiger partial charge in [0, 0.05) is 5.56 Å². The Morgan fingerprint density at radius 2 is 1.45 bits per heavy atom. The fraction of sp³-hybridized carbons (Fsp3) is 0.0667. The molecule has 20 heavy (non-hydrogen) atoms. The number of rotatable bonds is 3. The SMILES string of the molecule is C/C(=N/NC(=O)c1ccccc1O)c1ccccc1O. The van der Waals surface area contributed by atoms with Crippen molar-refractivity contribution in [1.29, 1.82) is 0 Å². The lowest BCUT2D eigenvalue weighted by Gasteiger charge is -2.05. The Bertz CT molecular complexity index is 666. The van der Waals surface area contributed by atoms with E-state index in [1.165, 1.54) is 12.1 Å². The van der Waals surface area contributed by atoms with Crippen LogP contribution in [0.5, 0.6) is 11.5 Å². The van der Waals surface area contributed by atoms with Gasteiger partial charge >= 0.3 is 0 Å². The Balaban J connectivity index is 2.16. The van der Waals surface area contributed by atoms with Crippen LogP contribution in [0, 0.1) is 0 Å². The number of benzene rings is 2. The molecule has 2 rings (SSSR count). The lowest BCUT2D eigenvalue weighted by atomic mass is 10.1. The summed E-state index contributed by atoms with van der Waals surface area (Å²) >= 11 is 0. The van der Waals surface area contributed by atoms with Gasteiger partial charge in [-0.1, -0.05) is 24.3 Å². The summed E-state index contributed by atoms with van der Waals surface area (Å²) in [5.74, 6) is -0.538. The zero-order chi connectivity index (χ0) is 14.5. The third-order valence-electron chi connectivity index (χ3n) is 2.77. The highest BCUT2D eigenvalue weighted by molar-refractivity contribution is 6.03. The monoisotopic (exact) mass is 270 g/mol. The van der Waals surface area contributed by atoms with Crippen molar-refractivity contribution in [1.82, 2.24) is 5.43 Å². The number of carbonyl (C=O) groups excluding carboxylic acids is 1. The summed E-state index contributed by atoms with van der Waals surface area (Å²) in [5, 5.41) is 23.2. The number of amides is 1. The molecule has 5 heteroatoms. The second-order valence-electron chi connectivity index (χ2n) is 4.17. The molecule has 102 valence electrons. The molecule has 2 aromatic rings. The first-order valence-corrected chi connectivity index (χ1v) is 6.00. The summed E-state index contributed by atoms with van der Waals surface area (Å²) in [4.78, 5) is 11.8. The van der Waals surface area contributed by atoms with Crippen LogP contribution in [0.1, 0.15) is 22.8 Å². The van der Waals surface area contributed by atoms with Crippen LogP contribution in [-0.2, 0) is 0 Å². The molecule has 0 unspecified atom stereocenters. The predicted molar refractivity (Wildman–Crippen MR) is 75.9 cm³/mol. The van der Waals surface area contributed by atoms with Gasteiger partial charge in [0.25, 0.3) is 5.91 Å². The van der Waals surface area contributed by atoms with Gasteiger partial charge in [0.1, 0.15) is 11.5 Å². The van der Waals surface area contributed by atoms with Crippen LogP contribution in [0.4, 0.5) is 0 Å². The fourth-order valence-electron chi connectivity index (χ4n) is 1.70. The van der Waals surface area contributed by atoms with Gasteiger partial charge in [-0.15, -0.1) is 0 Å². The first-order valence-electron chi connectivity index (χ1n) is 6.00. The summed E-state index contributed by atoms with van der Waals surface area (Å²) in [5.41, 5.74) is 3.48. The number of hydrogen-bond acceptors (Lipinski definition) is 4. The molecule has 0 aliphatic rings. The molecule has 1 amide bonds. The summed E-state index contributed by atoms with van der Waals surface area (Å²) < 4.78 is 0. The van der Waals surface area contributed by atoms with Crippen LogP contribution >= 0.6 is 0 Å². The maximum absolute atomic E-state index is 11.8. The molecule has 0 aliphatic heterocycles. The third-order valence-corrected chi connectivity index (χ3v) is 2.77. The molecule has 5 nitrogen and oxygen atoms in total. The molecule has 0 heterocycles. The van der Waals surface area contributed by atoms with Crippen LogP contribution < -0.4 is 5.43 Å². The molecule has 2 aromatic carbocycles. The van der Waals surface area contributed by atoms with E-state index in [2.05, 4.69) is 10.5 Å². The molecule has 0 aliphatic carbocycles. The van der Waals surface area contributed by atoms with Gasteiger partial charge in [-0.05, 0) is 31.2 Å². The van der Waals surface area contributed by atoms with E-state index in [0.717, 1.165) is 0 Å². The standard InChI is InChI=1S/C15H14N2O3/c1-10(11-6-2-4-8-13(11)18)16-17-15(20)12-7-3-5-9-14(12)19/h2-9,18-19H,1H3,(H,17,20)/b16-10-. The lowest BCUT2D eigenvalue weighted by molar-refractivity contribution is 0.0952. The van der Waals surface area contributed by atoms with Gasteiger partial charge in [-0.25, -0.2) is 5.43 Å². The van der Waals surface area contributed by atoms with Crippen molar-refractivity contribution < 1.29 is 15.0 Å². The minimum Gasteiger partial charge on any atom is -0.507 e. The van der Waals surface area contributed by atoms with E-state index in [9.17, 15) is 15.0 Å². The van der Waals surface area contributed by atoms with Crippen LogP contribution in [0.3, 0.4) is 0 Å². The molecule has 0 fully saturated rings. The summed E-state index contributed by atoms with van der Waals surface area (Å²) in [6, 6.07) is 12.9. The van der Waals surface area contributed by atoms with Crippen molar-refractivity contribution in [2.45, 2.75) is 6.92 Å². The smallest absolute Gasteiger partial charge is 0.275 e. The van der Waals surface area contributed by atoms with Crippen LogP contribution in [0.15, 0.2) is 53.6 Å². The first kappa shape index (κ1) is 13.6. The van der Waals surface area contributed by atoms with Crippen molar-refractivity contribution in [2.75, 3.05) is 0 Å². The minimum atomic E-state index is -0.516. The molecule has 0 bridgehead atoms. The molecule has 0 spiro atoms. The van der Waals surface area contributed by atoms with Crippen LogP contribution in [0.2, 0.25) is 0 Å². The molecule has 0 aromatic heterocycles. The Kier molecular flexibility index (Phi) is 4.00. The average molecular weight is 270 g/mol. The van der Waals surface area contributed by atoms with Crippen molar-refractivity contribution in [2.24, 2.45) is 5.10 Å². The third kappa shape index (κ3) is 2.95. The van der Waals surface area contributed by atoms with Gasteiger partial charge in [-0.3, -0.25) is 4.79 Å². The second-order valence-corrected chi connectivity index (χ2v) is 4.17. The number of para-hydroxylation sites is 2. The Hall–Kier alpha value is -2.82. The number of nitrogens with zero attached hydrogens (tertiary/aromatic N) is 1. The highest BCUT2D eigenvalue weighted by Gasteiger charge is 2.10. The zero-order valence-corrected chi connectivity index (χ0v) is 10.9. The Morgan fingerprint density at radius 3 is 2.00 bits per heavy atom. The van der Waals surface area contributed by atoms with Gasteiger partial charge < -0.3 is 10.2 Å². The van der Waals surface area contributed by atoms with E-state index in [1.54, 1.807) is 43.3 Å². The number of phenolic OH excluding ortho intramolecular Hbond substituents is 2. The van der Waals surface area contributed by atoms with E-state index < -0.39 is 5.91 Å². The Labute approximate surface area is 116 Å². The average Bonchev–Trinajstić information content (AvgIpc) is 2.45. The number of phenols is 2. The fourth-order valence-corrected chi connectivity index (χ4v) is 1.70. The number of aromatic hydroxyl groups is 2. The van der Waals surface area contributed by atoms with Crippen molar-refractivity contribution in [3.8, 4) is 11.5 Å². The van der Waals surface area contributed by atoms with Gasteiger partial charge in [0.15, 0.2) is 0 Å². The van der Waals surface area contributed by atoms with Gasteiger partial charge in [0.2, 0.25) is 0 Å². The number of hydrazone groups is 1. The van der Waals surface area contributed by atoms with E-state index in [1.807, 2.05) is 0 Å². The summed E-state index contributed by atoms with van der Waals surface area (Å²) in [6.07, 6.45) is 0. The van der Waals surface area contributed by atoms with Crippen LogP contribution in [-0.4, -0.2) is 21.8 Å². The Morgan fingerprint density at radius 1 is 0.950 bits per heavy atom. The largest absolute Gasteiger partial charge is 0.507 e. The molecule has 0 saturated heterocycles. The number of nitrogens with one attached hydrogen (secondary N) is 1. The quantitative estimate of drug-likeness (QED) is 0.591. The predicted octanol–water partition coefficient (Wildman–Crippen LogP) is 2.25. The molecular weight excluding hydrogens is 256 g/mol. The maximum atomic E-state index is 11.8. The van der Waals surface area contributed by atoms with E-state index >= 15 is 0 Å². The number of hydrogen-bond donors (Lipinski definition) is 3. The topological polar surface area (TPSA) is 81.9 Å². The van der Waals surface area contributed by atoms with Gasteiger partial charge in [-0.2, -0.15) is 5.10 Å². The van der Waals surface area contributed by atoms with E-state index in [-0.39, 0.29) is 17.1 Å². The lowest BCUT2D eigenvalue weighted by Crippen LogP contribution is -2.19. The zero-order valence-electron chi connectivity index (χ0n) is 10.9. The maximum Gasteiger partial charge on any atom is 0.275 e. The first-order chi connectivity index (χ1) is 9.59. The summed E-state index contributed by atoms with van der Waals surface area (Å²) in [6.45, 7) is 1.67. The molecule has 0 atom stereocenters. The van der Waals surface area contributed by atoms with Crippen molar-refractivity contribution in [3.05, 3.63) is 59.7 Å². The minimum absolute atomic E-state index is 0.0885. The molecule has 0 radical (unpaired) electrons. The number of carbonyl (C=O) groups is 1.